The number of nitrogens with zero attached hydrogens (tertiary/aromatic N) is 1. The molecule has 0 unspecified atom stereocenters. The van der Waals surface area contributed by atoms with Gasteiger partial charge >= 0.3 is 6.18 Å². The second-order valence-corrected chi connectivity index (χ2v) is 1.68. The topological polar surface area (TPSA) is 32.6 Å². The smallest absolute Gasteiger partial charge is 0.433 e. The second kappa shape index (κ2) is 3.23. The predicted octanol–water partition coefficient (Wildman–Crippen LogP) is 2.20. The van der Waals surface area contributed by atoms with Crippen LogP contribution in [0.2, 0.25) is 0 Å². The SMILES string of the molecule is C=N/C(=C\C(=C)O)C(F)(F)F. The monoisotopic (exact) mass is 165 g/mol. The average molecular weight is 165 g/mol. The van der Waals surface area contributed by atoms with Gasteiger partial charge in [0.15, 0.2) is 0 Å². The van der Waals surface area contributed by atoms with Crippen LogP contribution in [0.1, 0.15) is 0 Å². The van der Waals surface area contributed by atoms with Crippen molar-refractivity contribution >= 4 is 6.72 Å². The molecule has 0 aromatic carbocycles. The molecule has 2 nitrogen and oxygen atoms in total. The lowest BCUT2D eigenvalue weighted by molar-refractivity contribution is -0.0924. The molecule has 0 amide bonds. The van der Waals surface area contributed by atoms with Crippen LogP contribution < -0.4 is 0 Å². The van der Waals surface area contributed by atoms with Gasteiger partial charge in [0.25, 0.3) is 0 Å². The van der Waals surface area contributed by atoms with E-state index in [-0.39, 0.29) is 0 Å². The summed E-state index contributed by atoms with van der Waals surface area (Å²) in [5.74, 6) is -0.704. The van der Waals surface area contributed by atoms with Crippen molar-refractivity contribution in [2.75, 3.05) is 0 Å². The Morgan fingerprint density at radius 3 is 2.00 bits per heavy atom. The van der Waals surface area contributed by atoms with E-state index in [0.29, 0.717) is 6.08 Å². The summed E-state index contributed by atoms with van der Waals surface area (Å²) in [4.78, 5) is 2.66. The Labute approximate surface area is 61.4 Å². The van der Waals surface area contributed by atoms with E-state index in [1.165, 1.54) is 0 Å². The quantitative estimate of drug-likeness (QED) is 0.379. The zero-order chi connectivity index (χ0) is 9.07. The lowest BCUT2D eigenvalue weighted by atomic mass is 10.3. The molecular formula is C6H6F3NO. The maximum atomic E-state index is 11.7. The van der Waals surface area contributed by atoms with Crippen molar-refractivity contribution in [1.82, 2.24) is 0 Å². The molecule has 0 heterocycles. The molecule has 0 saturated heterocycles. The lowest BCUT2D eigenvalue weighted by Gasteiger charge is -2.04. The van der Waals surface area contributed by atoms with Crippen molar-refractivity contribution in [1.29, 1.82) is 0 Å². The highest BCUT2D eigenvalue weighted by molar-refractivity contribution is 5.32. The number of hydrogen-bond donors (Lipinski definition) is 1. The molecule has 0 fully saturated rings. The van der Waals surface area contributed by atoms with Crippen LogP contribution in [0.5, 0.6) is 0 Å². The molecule has 0 aliphatic heterocycles. The van der Waals surface area contributed by atoms with E-state index in [2.05, 4.69) is 18.3 Å². The maximum Gasteiger partial charge on any atom is 0.433 e. The third-order valence-electron chi connectivity index (χ3n) is 0.764. The summed E-state index contributed by atoms with van der Waals surface area (Å²) in [5, 5.41) is 8.36. The van der Waals surface area contributed by atoms with E-state index in [1.807, 2.05) is 0 Å². The first-order chi connectivity index (χ1) is 4.88. The fourth-order valence-electron chi connectivity index (χ4n) is 0.375. The molecular weight excluding hydrogens is 159 g/mol. The normalized spacial score (nSPS) is 12.8. The average Bonchev–Trinajstić information content (AvgIpc) is 1.79. The van der Waals surface area contributed by atoms with Gasteiger partial charge in [-0.05, 0) is 6.72 Å². The summed E-state index contributed by atoms with van der Waals surface area (Å²) in [6, 6.07) is 0. The van der Waals surface area contributed by atoms with Gasteiger partial charge in [0.2, 0.25) is 0 Å². The van der Waals surface area contributed by atoms with Crippen LogP contribution in [0.25, 0.3) is 0 Å². The molecule has 0 saturated carbocycles. The van der Waals surface area contributed by atoms with Crippen LogP contribution in [-0.2, 0) is 0 Å². The number of halogens is 3. The summed E-state index contributed by atoms with van der Waals surface area (Å²) in [5.41, 5.74) is -1.26. The fraction of sp³-hybridized carbons (Fsp3) is 0.167. The van der Waals surface area contributed by atoms with Gasteiger partial charge in [-0.1, -0.05) is 6.58 Å². The first-order valence-electron chi connectivity index (χ1n) is 2.51. The largest absolute Gasteiger partial charge is 0.509 e. The van der Waals surface area contributed by atoms with Crippen LogP contribution in [0, 0.1) is 0 Å². The second-order valence-electron chi connectivity index (χ2n) is 1.68. The minimum absolute atomic E-state index is 0.396. The maximum absolute atomic E-state index is 11.7. The van der Waals surface area contributed by atoms with Crippen molar-refractivity contribution in [2.24, 2.45) is 4.99 Å². The first-order valence-corrected chi connectivity index (χ1v) is 2.51. The van der Waals surface area contributed by atoms with E-state index in [1.54, 1.807) is 0 Å². The number of aliphatic hydroxyl groups is 1. The summed E-state index contributed by atoms with van der Waals surface area (Å²) < 4.78 is 35.2. The van der Waals surface area contributed by atoms with Crippen molar-refractivity contribution in [3.05, 3.63) is 24.1 Å². The van der Waals surface area contributed by atoms with Gasteiger partial charge in [-0.25, -0.2) is 0 Å². The molecule has 5 heteroatoms. The number of rotatable bonds is 2. The standard InChI is InChI=1S/C6H6F3NO/c1-4(11)3-5(10-2)6(7,8)9/h3,11H,1-2H2/b5-3-. The number of alkyl halides is 3. The van der Waals surface area contributed by atoms with E-state index in [9.17, 15) is 13.2 Å². The molecule has 0 aromatic heterocycles. The zero-order valence-electron chi connectivity index (χ0n) is 5.52. The summed E-state index contributed by atoms with van der Waals surface area (Å²) >= 11 is 0. The van der Waals surface area contributed by atoms with Crippen molar-refractivity contribution < 1.29 is 18.3 Å². The van der Waals surface area contributed by atoms with Crippen molar-refractivity contribution in [2.45, 2.75) is 6.18 Å². The van der Waals surface area contributed by atoms with E-state index < -0.39 is 17.6 Å². The molecule has 0 atom stereocenters. The zero-order valence-corrected chi connectivity index (χ0v) is 5.52. The number of allylic oxidation sites excluding steroid dienone is 2. The predicted molar refractivity (Wildman–Crippen MR) is 35.5 cm³/mol. The Morgan fingerprint density at radius 1 is 1.45 bits per heavy atom. The Morgan fingerprint density at radius 2 is 1.91 bits per heavy atom. The Bertz CT molecular complexity index is 204. The van der Waals surface area contributed by atoms with Gasteiger partial charge in [-0.2, -0.15) is 13.2 Å². The van der Waals surface area contributed by atoms with E-state index in [0.717, 1.165) is 0 Å². The summed E-state index contributed by atoms with van der Waals surface area (Å²) in [6.07, 6.45) is -4.19. The van der Waals surface area contributed by atoms with Gasteiger partial charge in [-0.15, -0.1) is 0 Å². The Hall–Kier alpha value is -1.26. The highest BCUT2D eigenvalue weighted by Gasteiger charge is 2.33. The molecule has 0 aliphatic rings. The molecule has 0 spiro atoms. The minimum Gasteiger partial charge on any atom is -0.509 e. The molecule has 0 radical (unpaired) electrons. The van der Waals surface area contributed by atoms with E-state index in [4.69, 9.17) is 5.11 Å². The third kappa shape index (κ3) is 3.44. The Balaban J connectivity index is 4.68. The third-order valence-corrected chi connectivity index (χ3v) is 0.764. The summed E-state index contributed by atoms with van der Waals surface area (Å²) in [7, 11) is 0. The van der Waals surface area contributed by atoms with Crippen LogP contribution in [-0.4, -0.2) is 18.0 Å². The molecule has 0 aromatic rings. The van der Waals surface area contributed by atoms with E-state index >= 15 is 0 Å². The van der Waals surface area contributed by atoms with Crippen molar-refractivity contribution in [3.8, 4) is 0 Å². The number of aliphatic hydroxyl groups excluding tert-OH is 1. The molecule has 0 aliphatic carbocycles. The van der Waals surface area contributed by atoms with Crippen LogP contribution in [0.3, 0.4) is 0 Å². The minimum atomic E-state index is -4.59. The van der Waals surface area contributed by atoms with Gasteiger partial charge in [0.05, 0.1) is 0 Å². The Kier molecular flexibility index (Phi) is 2.86. The first kappa shape index (κ1) is 9.74. The van der Waals surface area contributed by atoms with Gasteiger partial charge in [-0.3, -0.25) is 4.99 Å². The molecule has 1 N–H and O–H groups in total. The highest BCUT2D eigenvalue weighted by atomic mass is 19.4. The van der Waals surface area contributed by atoms with Crippen molar-refractivity contribution in [3.63, 3.8) is 0 Å². The van der Waals surface area contributed by atoms with Gasteiger partial charge in [0, 0.05) is 6.08 Å². The van der Waals surface area contributed by atoms with Crippen LogP contribution >= 0.6 is 0 Å². The number of aliphatic imine (C=N–C) groups is 1. The van der Waals surface area contributed by atoms with Gasteiger partial charge < -0.3 is 5.11 Å². The van der Waals surface area contributed by atoms with Crippen LogP contribution in [0.15, 0.2) is 29.1 Å². The fourth-order valence-corrected chi connectivity index (χ4v) is 0.375. The molecule has 0 rings (SSSR count). The highest BCUT2D eigenvalue weighted by Crippen LogP contribution is 2.26. The lowest BCUT2D eigenvalue weighted by Crippen LogP contribution is -2.09. The molecule has 11 heavy (non-hydrogen) atoms. The van der Waals surface area contributed by atoms with Crippen LogP contribution in [0.4, 0.5) is 13.2 Å². The molecule has 62 valence electrons. The summed E-state index contributed by atoms with van der Waals surface area (Å²) in [6.45, 7) is 5.54. The number of hydrogen-bond acceptors (Lipinski definition) is 2. The molecule has 0 bridgehead atoms. The van der Waals surface area contributed by atoms with Gasteiger partial charge in [0.1, 0.15) is 11.5 Å².